The summed E-state index contributed by atoms with van der Waals surface area (Å²) in [6.45, 7) is 4.04. The second kappa shape index (κ2) is 6.54. The molecule has 0 radical (unpaired) electrons. The number of hydrogen-bond acceptors (Lipinski definition) is 4. The summed E-state index contributed by atoms with van der Waals surface area (Å²) in [6.07, 6.45) is -0.616. The maximum atomic E-state index is 11.9. The fraction of sp³-hybridized carbons (Fsp3) is 0.500. The number of carbonyl (C=O) groups excluding carboxylic acids is 1. The lowest BCUT2D eigenvalue weighted by molar-refractivity contribution is -0.137. The van der Waals surface area contributed by atoms with Crippen LogP contribution in [-0.2, 0) is 9.53 Å². The minimum atomic E-state index is -0.616. The van der Waals surface area contributed by atoms with Crippen LogP contribution in [0, 0.1) is 0 Å². The van der Waals surface area contributed by atoms with Crippen LogP contribution < -0.4 is 4.74 Å². The van der Waals surface area contributed by atoms with E-state index in [1.807, 2.05) is 12.1 Å². The van der Waals surface area contributed by atoms with E-state index in [4.69, 9.17) is 9.47 Å². The van der Waals surface area contributed by atoms with Crippen LogP contribution in [0.2, 0.25) is 0 Å². The van der Waals surface area contributed by atoms with Crippen molar-refractivity contribution in [2.75, 3.05) is 32.9 Å². The van der Waals surface area contributed by atoms with E-state index in [9.17, 15) is 9.90 Å². The minimum absolute atomic E-state index is 0.0102. The van der Waals surface area contributed by atoms with E-state index in [0.717, 1.165) is 0 Å². The van der Waals surface area contributed by atoms with Gasteiger partial charge in [0.15, 0.2) is 6.61 Å². The highest BCUT2D eigenvalue weighted by molar-refractivity contribution is 5.77. The van der Waals surface area contributed by atoms with Crippen molar-refractivity contribution in [2.24, 2.45) is 0 Å². The number of morpholine rings is 1. The Hall–Kier alpha value is -1.59. The van der Waals surface area contributed by atoms with Gasteiger partial charge in [-0.15, -0.1) is 0 Å². The Morgan fingerprint density at radius 3 is 2.79 bits per heavy atom. The Bertz CT molecular complexity index is 427. The number of ether oxygens (including phenoxy) is 2. The van der Waals surface area contributed by atoms with Gasteiger partial charge >= 0.3 is 0 Å². The van der Waals surface area contributed by atoms with Crippen molar-refractivity contribution in [3.63, 3.8) is 0 Å². The molecule has 1 N–H and O–H groups in total. The first-order chi connectivity index (χ1) is 9.18. The van der Waals surface area contributed by atoms with E-state index in [-0.39, 0.29) is 12.5 Å². The molecule has 0 aromatic heterocycles. The maximum absolute atomic E-state index is 11.9. The molecule has 19 heavy (non-hydrogen) atoms. The molecule has 1 aromatic rings. The molecule has 1 saturated heterocycles. The normalized spacial score (nSPS) is 17.1. The third-order valence-electron chi connectivity index (χ3n) is 3.08. The van der Waals surface area contributed by atoms with Crippen molar-refractivity contribution in [3.8, 4) is 5.75 Å². The van der Waals surface area contributed by atoms with Crippen LogP contribution in [0.1, 0.15) is 18.6 Å². The quantitative estimate of drug-likeness (QED) is 0.881. The molecular formula is C14H19NO4. The zero-order valence-electron chi connectivity index (χ0n) is 11.0. The van der Waals surface area contributed by atoms with Crippen molar-refractivity contribution in [3.05, 3.63) is 29.8 Å². The van der Waals surface area contributed by atoms with Gasteiger partial charge in [-0.3, -0.25) is 4.79 Å². The summed E-state index contributed by atoms with van der Waals surface area (Å²) in [5, 5.41) is 9.63. The van der Waals surface area contributed by atoms with E-state index in [0.29, 0.717) is 37.6 Å². The summed E-state index contributed by atoms with van der Waals surface area (Å²) in [4.78, 5) is 13.7. The number of rotatable bonds is 4. The van der Waals surface area contributed by atoms with Gasteiger partial charge in [-0.25, -0.2) is 0 Å². The van der Waals surface area contributed by atoms with Gasteiger partial charge in [0.05, 0.1) is 19.3 Å². The largest absolute Gasteiger partial charge is 0.483 e. The summed E-state index contributed by atoms with van der Waals surface area (Å²) in [7, 11) is 0. The molecule has 1 aromatic carbocycles. The zero-order valence-corrected chi connectivity index (χ0v) is 11.0. The Morgan fingerprint density at radius 2 is 2.11 bits per heavy atom. The maximum Gasteiger partial charge on any atom is 0.260 e. The molecule has 104 valence electrons. The molecule has 0 spiro atoms. The molecule has 1 fully saturated rings. The number of benzene rings is 1. The molecule has 1 aliphatic heterocycles. The minimum Gasteiger partial charge on any atom is -0.483 e. The average molecular weight is 265 g/mol. The highest BCUT2D eigenvalue weighted by Gasteiger charge is 2.18. The van der Waals surface area contributed by atoms with Gasteiger partial charge in [0, 0.05) is 18.7 Å². The van der Waals surface area contributed by atoms with Gasteiger partial charge in [-0.2, -0.15) is 0 Å². The SMILES string of the molecule is CC(O)c1ccccc1OCC(=O)N1CCOCC1. The summed E-state index contributed by atoms with van der Waals surface area (Å²) in [5.41, 5.74) is 0.692. The first-order valence-corrected chi connectivity index (χ1v) is 6.44. The third-order valence-corrected chi connectivity index (χ3v) is 3.08. The molecule has 1 amide bonds. The lowest BCUT2D eigenvalue weighted by Gasteiger charge is -2.26. The molecule has 1 atom stereocenters. The first kappa shape index (κ1) is 13.8. The molecule has 1 heterocycles. The van der Waals surface area contributed by atoms with Gasteiger partial charge in [0.1, 0.15) is 5.75 Å². The van der Waals surface area contributed by atoms with Gasteiger partial charge < -0.3 is 19.5 Å². The average Bonchev–Trinajstić information content (AvgIpc) is 2.46. The van der Waals surface area contributed by atoms with E-state index >= 15 is 0 Å². The number of nitrogens with zero attached hydrogens (tertiary/aromatic N) is 1. The summed E-state index contributed by atoms with van der Waals surface area (Å²) < 4.78 is 10.7. The Balaban J connectivity index is 1.93. The van der Waals surface area contributed by atoms with Crippen LogP contribution in [0.15, 0.2) is 24.3 Å². The van der Waals surface area contributed by atoms with Gasteiger partial charge in [0.2, 0.25) is 0 Å². The molecule has 0 bridgehead atoms. The Morgan fingerprint density at radius 1 is 1.42 bits per heavy atom. The van der Waals surface area contributed by atoms with E-state index in [1.165, 1.54) is 0 Å². The molecule has 2 rings (SSSR count). The van der Waals surface area contributed by atoms with Crippen molar-refractivity contribution in [1.29, 1.82) is 0 Å². The molecule has 0 saturated carbocycles. The topological polar surface area (TPSA) is 59.0 Å². The van der Waals surface area contributed by atoms with Crippen molar-refractivity contribution in [2.45, 2.75) is 13.0 Å². The molecular weight excluding hydrogens is 246 g/mol. The van der Waals surface area contributed by atoms with E-state index in [2.05, 4.69) is 0 Å². The Labute approximate surface area is 112 Å². The van der Waals surface area contributed by atoms with Crippen LogP contribution in [0.4, 0.5) is 0 Å². The second-order valence-corrected chi connectivity index (χ2v) is 4.50. The molecule has 1 aliphatic rings. The van der Waals surface area contributed by atoms with Crippen molar-refractivity contribution >= 4 is 5.91 Å². The highest BCUT2D eigenvalue weighted by atomic mass is 16.5. The molecule has 0 aliphatic carbocycles. The highest BCUT2D eigenvalue weighted by Crippen LogP contribution is 2.24. The zero-order chi connectivity index (χ0) is 13.7. The standard InChI is InChI=1S/C14H19NO4/c1-11(16)12-4-2-3-5-13(12)19-10-14(17)15-6-8-18-9-7-15/h2-5,11,16H,6-10H2,1H3. The van der Waals surface area contributed by atoms with E-state index < -0.39 is 6.10 Å². The lowest BCUT2D eigenvalue weighted by Crippen LogP contribution is -2.43. The number of carbonyl (C=O) groups is 1. The fourth-order valence-corrected chi connectivity index (χ4v) is 2.00. The number of amides is 1. The van der Waals surface area contributed by atoms with Crippen LogP contribution in [0.25, 0.3) is 0 Å². The molecule has 5 heteroatoms. The van der Waals surface area contributed by atoms with Crippen molar-refractivity contribution < 1.29 is 19.4 Å². The monoisotopic (exact) mass is 265 g/mol. The van der Waals surface area contributed by atoms with Crippen molar-refractivity contribution in [1.82, 2.24) is 4.90 Å². The summed E-state index contributed by atoms with van der Waals surface area (Å²) >= 11 is 0. The third kappa shape index (κ3) is 3.68. The Kier molecular flexibility index (Phi) is 4.76. The molecule has 5 nitrogen and oxygen atoms in total. The number of hydrogen-bond donors (Lipinski definition) is 1. The lowest BCUT2D eigenvalue weighted by atomic mass is 10.1. The smallest absolute Gasteiger partial charge is 0.260 e. The predicted molar refractivity (Wildman–Crippen MR) is 70.0 cm³/mol. The molecule has 1 unspecified atom stereocenters. The number of aliphatic hydroxyl groups is 1. The van der Waals surface area contributed by atoms with Crippen LogP contribution >= 0.6 is 0 Å². The first-order valence-electron chi connectivity index (χ1n) is 6.44. The second-order valence-electron chi connectivity index (χ2n) is 4.50. The van der Waals surface area contributed by atoms with E-state index in [1.54, 1.807) is 24.0 Å². The number of aliphatic hydroxyl groups excluding tert-OH is 1. The van der Waals surface area contributed by atoms with Crippen LogP contribution in [0.5, 0.6) is 5.75 Å². The predicted octanol–water partition coefficient (Wildman–Crippen LogP) is 0.978. The van der Waals surface area contributed by atoms with Crippen LogP contribution in [0.3, 0.4) is 0 Å². The van der Waals surface area contributed by atoms with Gasteiger partial charge in [0.25, 0.3) is 5.91 Å². The number of para-hydroxylation sites is 1. The van der Waals surface area contributed by atoms with Gasteiger partial charge in [-0.1, -0.05) is 18.2 Å². The van der Waals surface area contributed by atoms with Crippen LogP contribution in [-0.4, -0.2) is 48.8 Å². The summed E-state index contributed by atoms with van der Waals surface area (Å²) in [6, 6.07) is 7.20. The fourth-order valence-electron chi connectivity index (χ4n) is 2.00. The summed E-state index contributed by atoms with van der Waals surface area (Å²) in [5.74, 6) is 0.503. The van der Waals surface area contributed by atoms with Gasteiger partial charge in [-0.05, 0) is 13.0 Å².